The molecule has 2 aromatic carbocycles. The zero-order chi connectivity index (χ0) is 32.1. The van der Waals surface area contributed by atoms with Gasteiger partial charge >= 0.3 is 6.09 Å². The number of amides is 2. The third-order valence-electron chi connectivity index (χ3n) is 6.89. The van der Waals surface area contributed by atoms with E-state index in [9.17, 15) is 9.59 Å². The lowest BCUT2D eigenvalue weighted by atomic mass is 10.2. The molecular formula is C31H35ClN6O7. The van der Waals surface area contributed by atoms with Gasteiger partial charge in [0.05, 0.1) is 48.6 Å². The van der Waals surface area contributed by atoms with E-state index in [1.165, 1.54) is 17.2 Å². The Labute approximate surface area is 265 Å². The molecule has 0 aliphatic carbocycles. The van der Waals surface area contributed by atoms with Crippen LogP contribution in [0.1, 0.15) is 33.6 Å². The summed E-state index contributed by atoms with van der Waals surface area (Å²) in [6, 6.07) is 8.34. The average molecular weight is 639 g/mol. The van der Waals surface area contributed by atoms with Crippen LogP contribution in [0, 0.1) is 0 Å². The second-order valence-corrected chi connectivity index (χ2v) is 11.8. The molecule has 2 aromatic heterocycles. The van der Waals surface area contributed by atoms with Crippen LogP contribution in [-0.2, 0) is 16.1 Å². The number of fused-ring (bicyclic) bond motifs is 1. The fourth-order valence-corrected chi connectivity index (χ4v) is 5.07. The summed E-state index contributed by atoms with van der Waals surface area (Å²) in [5, 5.41) is 7.98. The highest BCUT2D eigenvalue weighted by Crippen LogP contribution is 2.36. The molecule has 3 heterocycles. The summed E-state index contributed by atoms with van der Waals surface area (Å²) in [6.07, 6.45) is 5.79. The molecule has 5 rings (SSSR count). The summed E-state index contributed by atoms with van der Waals surface area (Å²) < 4.78 is 29.6. The summed E-state index contributed by atoms with van der Waals surface area (Å²) in [5.74, 6) is 1.86. The van der Waals surface area contributed by atoms with E-state index in [0.29, 0.717) is 57.0 Å². The molecule has 1 N–H and O–H groups in total. The summed E-state index contributed by atoms with van der Waals surface area (Å²) >= 11 is 6.46. The van der Waals surface area contributed by atoms with Crippen LogP contribution in [0.2, 0.25) is 5.02 Å². The standard InChI is InChI=1S/C31H35ClN6O7/c1-31(2,3)45-30(40)38-10-6-7-20(38)17-43-25-9-8-19(11-23(25)32)36-28(39)16-37-15-21(14-35-37)44-29-22-12-26(41-4)27(42-5)13-24(22)33-18-34-29/h8-9,11-15,18,20H,6-7,10,16-17H2,1-5H3,(H,36,39)/t20-/m0/s1. The Morgan fingerprint density at radius 2 is 1.84 bits per heavy atom. The van der Waals surface area contributed by atoms with Crippen molar-refractivity contribution in [2.24, 2.45) is 0 Å². The van der Waals surface area contributed by atoms with E-state index in [0.717, 1.165) is 12.8 Å². The van der Waals surface area contributed by atoms with Gasteiger partial charge in [0.2, 0.25) is 11.8 Å². The van der Waals surface area contributed by atoms with Gasteiger partial charge in [-0.25, -0.2) is 14.8 Å². The van der Waals surface area contributed by atoms with Gasteiger partial charge in [-0.1, -0.05) is 11.6 Å². The number of rotatable bonds is 10. The molecule has 13 nitrogen and oxygen atoms in total. The summed E-state index contributed by atoms with van der Waals surface area (Å²) in [4.78, 5) is 35.5. The van der Waals surface area contributed by atoms with Gasteiger partial charge in [-0.05, 0) is 57.9 Å². The number of carbonyl (C=O) groups is 2. The first kappa shape index (κ1) is 31.6. The smallest absolute Gasteiger partial charge is 0.410 e. The van der Waals surface area contributed by atoms with Gasteiger partial charge in [-0.2, -0.15) is 5.10 Å². The highest BCUT2D eigenvalue weighted by atomic mass is 35.5. The van der Waals surface area contributed by atoms with Crippen LogP contribution in [0.5, 0.6) is 28.9 Å². The van der Waals surface area contributed by atoms with Crippen LogP contribution in [0.4, 0.5) is 10.5 Å². The van der Waals surface area contributed by atoms with Crippen molar-refractivity contribution in [3.05, 3.63) is 54.1 Å². The maximum atomic E-state index is 12.8. The van der Waals surface area contributed by atoms with E-state index < -0.39 is 5.60 Å². The largest absolute Gasteiger partial charge is 0.493 e. The average Bonchev–Trinajstić information content (AvgIpc) is 3.64. The maximum absolute atomic E-state index is 12.8. The molecule has 0 spiro atoms. The topological polar surface area (TPSA) is 139 Å². The lowest BCUT2D eigenvalue weighted by Crippen LogP contribution is -2.42. The molecule has 4 aromatic rings. The van der Waals surface area contributed by atoms with E-state index in [1.807, 2.05) is 20.8 Å². The summed E-state index contributed by atoms with van der Waals surface area (Å²) in [5.41, 5.74) is 0.537. The SMILES string of the molecule is COc1cc2ncnc(Oc3cnn(CC(=O)Nc4ccc(OC[C@@H]5CCCN5C(=O)OC(C)(C)C)c(Cl)c4)c3)c2cc1OC. The first-order chi connectivity index (χ1) is 21.5. The van der Waals surface area contributed by atoms with Crippen molar-refractivity contribution in [2.45, 2.75) is 51.8 Å². The second kappa shape index (κ2) is 13.5. The van der Waals surface area contributed by atoms with Gasteiger partial charge in [0.15, 0.2) is 17.2 Å². The molecule has 45 heavy (non-hydrogen) atoms. The molecule has 1 aliphatic rings. The van der Waals surface area contributed by atoms with E-state index in [-0.39, 0.29) is 31.2 Å². The molecule has 0 bridgehead atoms. The van der Waals surface area contributed by atoms with E-state index >= 15 is 0 Å². The summed E-state index contributed by atoms with van der Waals surface area (Å²) in [6.45, 7) is 6.35. The minimum atomic E-state index is -0.570. The van der Waals surface area contributed by atoms with Crippen LogP contribution in [0.3, 0.4) is 0 Å². The zero-order valence-electron chi connectivity index (χ0n) is 25.7. The molecule has 1 aliphatic heterocycles. The summed E-state index contributed by atoms with van der Waals surface area (Å²) in [7, 11) is 3.09. The minimum absolute atomic E-state index is 0.0725. The fourth-order valence-electron chi connectivity index (χ4n) is 4.84. The van der Waals surface area contributed by atoms with E-state index in [2.05, 4.69) is 20.4 Å². The fraction of sp³-hybridized carbons (Fsp3) is 0.387. The molecule has 0 radical (unpaired) electrons. The van der Waals surface area contributed by atoms with Crippen molar-refractivity contribution in [2.75, 3.05) is 32.7 Å². The lowest BCUT2D eigenvalue weighted by Gasteiger charge is -2.28. The Kier molecular flexibility index (Phi) is 9.47. The third-order valence-corrected chi connectivity index (χ3v) is 7.18. The van der Waals surface area contributed by atoms with Gasteiger partial charge in [-0.15, -0.1) is 0 Å². The first-order valence-electron chi connectivity index (χ1n) is 14.3. The number of aromatic nitrogens is 4. The molecular weight excluding hydrogens is 604 g/mol. The number of carbonyl (C=O) groups excluding carboxylic acids is 2. The molecule has 1 atom stereocenters. The van der Waals surface area contributed by atoms with Crippen molar-refractivity contribution >= 4 is 40.2 Å². The van der Waals surface area contributed by atoms with Gasteiger partial charge in [0.25, 0.3) is 0 Å². The number of likely N-dealkylation sites (tertiary alicyclic amines) is 1. The van der Waals surface area contributed by atoms with Crippen LogP contribution in [-0.4, -0.2) is 75.7 Å². The number of benzene rings is 2. The van der Waals surface area contributed by atoms with Crippen molar-refractivity contribution < 1.29 is 33.3 Å². The van der Waals surface area contributed by atoms with Gasteiger partial charge in [0, 0.05) is 18.3 Å². The van der Waals surface area contributed by atoms with Gasteiger partial charge in [0.1, 0.15) is 30.8 Å². The molecule has 14 heteroatoms. The second-order valence-electron chi connectivity index (χ2n) is 11.4. The normalized spacial score (nSPS) is 14.7. The zero-order valence-corrected chi connectivity index (χ0v) is 26.5. The molecule has 1 fully saturated rings. The number of methoxy groups -OCH3 is 2. The Hall–Kier alpha value is -4.78. The van der Waals surface area contributed by atoms with Gasteiger partial charge < -0.3 is 33.9 Å². The maximum Gasteiger partial charge on any atom is 0.410 e. The quantitative estimate of drug-likeness (QED) is 0.230. The number of anilines is 1. The Morgan fingerprint density at radius 3 is 2.58 bits per heavy atom. The van der Waals surface area contributed by atoms with Crippen LogP contribution in [0.25, 0.3) is 10.9 Å². The number of halogens is 1. The van der Waals surface area contributed by atoms with E-state index in [4.69, 9.17) is 35.3 Å². The molecule has 2 amide bonds. The number of nitrogens with zero attached hydrogens (tertiary/aromatic N) is 5. The Morgan fingerprint density at radius 1 is 1.07 bits per heavy atom. The van der Waals surface area contributed by atoms with Crippen molar-refractivity contribution in [1.29, 1.82) is 0 Å². The van der Waals surface area contributed by atoms with Crippen molar-refractivity contribution in [3.63, 3.8) is 0 Å². The monoisotopic (exact) mass is 638 g/mol. The van der Waals surface area contributed by atoms with Crippen molar-refractivity contribution in [3.8, 4) is 28.9 Å². The van der Waals surface area contributed by atoms with Crippen LogP contribution < -0.4 is 24.3 Å². The number of hydrogen-bond donors (Lipinski definition) is 1. The molecule has 0 saturated carbocycles. The Balaban J connectivity index is 1.16. The third kappa shape index (κ3) is 7.85. The number of nitrogens with one attached hydrogen (secondary N) is 1. The number of hydrogen-bond acceptors (Lipinski definition) is 10. The van der Waals surface area contributed by atoms with Crippen molar-refractivity contribution in [1.82, 2.24) is 24.6 Å². The predicted molar refractivity (Wildman–Crippen MR) is 166 cm³/mol. The number of ether oxygens (including phenoxy) is 5. The van der Waals surface area contributed by atoms with Crippen LogP contribution in [0.15, 0.2) is 49.1 Å². The Bertz CT molecular complexity index is 1690. The minimum Gasteiger partial charge on any atom is -0.493 e. The highest BCUT2D eigenvalue weighted by Gasteiger charge is 2.32. The van der Waals surface area contributed by atoms with E-state index in [1.54, 1.807) is 55.6 Å². The molecule has 0 unspecified atom stereocenters. The first-order valence-corrected chi connectivity index (χ1v) is 14.7. The molecule has 238 valence electrons. The predicted octanol–water partition coefficient (Wildman–Crippen LogP) is 5.71. The van der Waals surface area contributed by atoms with Gasteiger partial charge in [-0.3, -0.25) is 9.48 Å². The molecule has 1 saturated heterocycles. The highest BCUT2D eigenvalue weighted by molar-refractivity contribution is 6.32. The lowest BCUT2D eigenvalue weighted by molar-refractivity contribution is -0.116. The van der Waals surface area contributed by atoms with Crippen LogP contribution >= 0.6 is 11.6 Å².